The topological polar surface area (TPSA) is 124 Å². The van der Waals surface area contributed by atoms with Crippen molar-refractivity contribution in [2.45, 2.75) is 87.5 Å². The van der Waals surface area contributed by atoms with Gasteiger partial charge in [-0.05, 0) is 16.7 Å². The van der Waals surface area contributed by atoms with Gasteiger partial charge in [0.15, 0.2) is 18.9 Å². The first-order valence-corrected chi connectivity index (χ1v) is 17.7. The van der Waals surface area contributed by atoms with Crippen LogP contribution in [0.15, 0.2) is 121 Å². The van der Waals surface area contributed by atoms with Gasteiger partial charge in [0.1, 0.15) is 48.8 Å². The predicted molar refractivity (Wildman–Crippen MR) is 187 cm³/mol. The molecule has 3 aliphatic rings. The number of hydrogen-bond acceptors (Lipinski definition) is 11. The molecule has 4 aromatic rings. The molecular formula is C41H46O11. The Morgan fingerprint density at radius 3 is 1.65 bits per heavy atom. The van der Waals surface area contributed by atoms with Crippen LogP contribution in [0, 0.1) is 0 Å². The fourth-order valence-corrected chi connectivity index (χ4v) is 6.82. The number of aliphatic hydroxyl groups is 2. The molecule has 0 aliphatic carbocycles. The molecule has 0 bridgehead atoms. The maximum atomic E-state index is 11.5. The first kappa shape index (κ1) is 36.8. The van der Waals surface area contributed by atoms with Gasteiger partial charge in [-0.2, -0.15) is 0 Å². The second kappa shape index (κ2) is 18.0. The van der Waals surface area contributed by atoms with Gasteiger partial charge in [0, 0.05) is 12.7 Å². The lowest BCUT2D eigenvalue weighted by Gasteiger charge is -2.51. The molecule has 3 aliphatic heterocycles. The molecule has 3 fully saturated rings. The largest absolute Gasteiger partial charge is 0.394 e. The van der Waals surface area contributed by atoms with Crippen LogP contribution in [0.2, 0.25) is 0 Å². The van der Waals surface area contributed by atoms with Crippen molar-refractivity contribution in [3.05, 3.63) is 144 Å². The number of rotatable bonds is 14. The van der Waals surface area contributed by atoms with Crippen molar-refractivity contribution in [1.29, 1.82) is 0 Å². The van der Waals surface area contributed by atoms with Crippen molar-refractivity contribution >= 4 is 0 Å². The van der Waals surface area contributed by atoms with E-state index in [4.69, 9.17) is 42.6 Å². The van der Waals surface area contributed by atoms with Crippen LogP contribution in [-0.4, -0.2) is 91.9 Å². The van der Waals surface area contributed by atoms with E-state index in [9.17, 15) is 10.2 Å². The first-order valence-electron chi connectivity index (χ1n) is 17.7. The summed E-state index contributed by atoms with van der Waals surface area (Å²) >= 11 is 0. The zero-order valence-electron chi connectivity index (χ0n) is 29.0. The number of methoxy groups -OCH3 is 1. The van der Waals surface area contributed by atoms with Crippen molar-refractivity contribution in [3.8, 4) is 0 Å². The lowest BCUT2D eigenvalue weighted by Crippen LogP contribution is -2.67. The van der Waals surface area contributed by atoms with E-state index in [2.05, 4.69) is 0 Å². The Labute approximate surface area is 303 Å². The molecule has 0 spiro atoms. The number of hydrogen-bond donors (Lipinski definition) is 2. The summed E-state index contributed by atoms with van der Waals surface area (Å²) in [6.07, 6.45) is -9.70. The molecule has 11 nitrogen and oxygen atoms in total. The van der Waals surface area contributed by atoms with E-state index in [1.54, 1.807) is 0 Å². The number of benzene rings is 4. The van der Waals surface area contributed by atoms with Crippen LogP contribution in [-0.2, 0) is 62.5 Å². The minimum atomic E-state index is -1.23. The van der Waals surface area contributed by atoms with Gasteiger partial charge < -0.3 is 52.8 Å². The summed E-state index contributed by atoms with van der Waals surface area (Å²) in [7, 11) is 1.53. The molecule has 11 atom stereocenters. The summed E-state index contributed by atoms with van der Waals surface area (Å²) in [5.74, 6) is 0. The zero-order valence-corrected chi connectivity index (χ0v) is 29.0. The Balaban J connectivity index is 1.20. The molecule has 52 heavy (non-hydrogen) atoms. The van der Waals surface area contributed by atoms with Crippen LogP contribution in [0.3, 0.4) is 0 Å². The fourth-order valence-electron chi connectivity index (χ4n) is 6.82. The molecule has 0 aromatic heterocycles. The highest BCUT2D eigenvalue weighted by Gasteiger charge is 2.55. The van der Waals surface area contributed by atoms with Gasteiger partial charge >= 0.3 is 0 Å². The fraction of sp³-hybridized carbons (Fsp3) is 0.415. The molecule has 7 rings (SSSR count). The lowest BCUT2D eigenvalue weighted by molar-refractivity contribution is -0.398. The van der Waals surface area contributed by atoms with Crippen molar-refractivity contribution in [3.63, 3.8) is 0 Å². The van der Waals surface area contributed by atoms with Gasteiger partial charge in [0.2, 0.25) is 0 Å². The molecule has 3 heterocycles. The quantitative estimate of drug-likeness (QED) is 0.189. The Bertz CT molecular complexity index is 1620. The highest BCUT2D eigenvalue weighted by atomic mass is 16.8. The molecule has 0 saturated carbocycles. The monoisotopic (exact) mass is 714 g/mol. The Morgan fingerprint density at radius 1 is 0.596 bits per heavy atom. The van der Waals surface area contributed by atoms with Gasteiger partial charge in [0.25, 0.3) is 0 Å². The number of fused-ring (bicyclic) bond motifs is 1. The van der Waals surface area contributed by atoms with E-state index >= 15 is 0 Å². The minimum absolute atomic E-state index is 0.184. The van der Waals surface area contributed by atoms with E-state index in [1.807, 2.05) is 121 Å². The smallest absolute Gasteiger partial charge is 0.187 e. The summed E-state index contributed by atoms with van der Waals surface area (Å²) in [5.41, 5.74) is 3.64. The molecule has 0 radical (unpaired) electrons. The number of aliphatic hydroxyl groups excluding tert-OH is 2. The van der Waals surface area contributed by atoms with Crippen LogP contribution < -0.4 is 0 Å². The SMILES string of the molecule is CO[C@H]1O[C@@H]2CO[C@H](c3ccccc3)O[C@@H]2[C@H](OCc2ccccc2)[C@H]1O[C@H]1O[C@H](CO)[C@H](O)[C@H](OCc2ccccc2)[C@H]1OCc1ccccc1. The summed E-state index contributed by atoms with van der Waals surface area (Å²) in [4.78, 5) is 0. The summed E-state index contributed by atoms with van der Waals surface area (Å²) in [5, 5.41) is 21.9. The maximum absolute atomic E-state index is 11.5. The average molecular weight is 715 g/mol. The lowest BCUT2D eigenvalue weighted by atomic mass is 9.95. The molecule has 0 unspecified atom stereocenters. The van der Waals surface area contributed by atoms with Crippen LogP contribution in [0.1, 0.15) is 28.5 Å². The Hall–Kier alpha value is -3.56. The van der Waals surface area contributed by atoms with Gasteiger partial charge in [-0.3, -0.25) is 0 Å². The molecule has 11 heteroatoms. The van der Waals surface area contributed by atoms with Gasteiger partial charge in [-0.25, -0.2) is 0 Å². The van der Waals surface area contributed by atoms with Gasteiger partial charge in [0.05, 0.1) is 33.0 Å². The summed E-state index contributed by atoms with van der Waals surface area (Å²) in [6, 6.07) is 38.8. The van der Waals surface area contributed by atoms with E-state index in [0.29, 0.717) is 0 Å². The highest BCUT2D eigenvalue weighted by Crippen LogP contribution is 2.39. The average Bonchev–Trinajstić information content (AvgIpc) is 3.20. The van der Waals surface area contributed by atoms with Crippen LogP contribution in [0.4, 0.5) is 0 Å². The Morgan fingerprint density at radius 2 is 1.12 bits per heavy atom. The third kappa shape index (κ3) is 8.79. The third-order valence-corrected chi connectivity index (χ3v) is 9.53. The molecule has 0 amide bonds. The zero-order chi connectivity index (χ0) is 35.7. The first-order chi connectivity index (χ1) is 25.6. The van der Waals surface area contributed by atoms with Crippen LogP contribution in [0.5, 0.6) is 0 Å². The molecule has 2 N–H and O–H groups in total. The summed E-state index contributed by atoms with van der Waals surface area (Å²) in [6.45, 7) is 0.380. The van der Waals surface area contributed by atoms with E-state index in [1.165, 1.54) is 7.11 Å². The second-order valence-electron chi connectivity index (χ2n) is 13.1. The maximum Gasteiger partial charge on any atom is 0.187 e. The molecular weight excluding hydrogens is 668 g/mol. The van der Waals surface area contributed by atoms with Crippen molar-refractivity contribution in [2.75, 3.05) is 20.3 Å². The van der Waals surface area contributed by atoms with Gasteiger partial charge in [-0.15, -0.1) is 0 Å². The molecule has 4 aromatic carbocycles. The Kier molecular flexibility index (Phi) is 12.7. The van der Waals surface area contributed by atoms with E-state index in [-0.39, 0.29) is 26.4 Å². The minimum Gasteiger partial charge on any atom is -0.394 e. The molecule has 3 saturated heterocycles. The number of ether oxygens (including phenoxy) is 9. The molecule has 276 valence electrons. The third-order valence-electron chi connectivity index (χ3n) is 9.53. The standard InChI is InChI=1S/C41H46O11/c1-44-40-38(36(46-24-28-16-8-3-9-17-28)34-32(50-40)26-48-39(51-34)30-20-12-5-13-21-30)52-41-37(47-25-29-18-10-4-11-19-29)35(33(43)31(22-42)49-41)45-23-27-14-6-2-7-15-27/h2-21,31-43H,22-26H2,1H3/t31-,32-,33+,34+,35+,36+,37-,38-,39+,40+,41-/m1/s1. The van der Waals surface area contributed by atoms with Crippen LogP contribution >= 0.6 is 0 Å². The van der Waals surface area contributed by atoms with Crippen LogP contribution in [0.25, 0.3) is 0 Å². The second-order valence-corrected chi connectivity index (χ2v) is 13.1. The summed E-state index contributed by atoms with van der Waals surface area (Å²) < 4.78 is 57.8. The highest BCUT2D eigenvalue weighted by molar-refractivity contribution is 5.18. The van der Waals surface area contributed by atoms with Crippen molar-refractivity contribution < 1.29 is 52.8 Å². The van der Waals surface area contributed by atoms with Gasteiger partial charge in [-0.1, -0.05) is 121 Å². The van der Waals surface area contributed by atoms with Crippen molar-refractivity contribution in [2.24, 2.45) is 0 Å². The van der Waals surface area contributed by atoms with E-state index < -0.39 is 74.3 Å². The predicted octanol–water partition coefficient (Wildman–Crippen LogP) is 4.69. The van der Waals surface area contributed by atoms with Crippen molar-refractivity contribution in [1.82, 2.24) is 0 Å². The van der Waals surface area contributed by atoms with E-state index in [0.717, 1.165) is 22.3 Å². The normalized spacial score (nSPS) is 31.9.